The minimum absolute atomic E-state index is 0.0159. The van der Waals surface area contributed by atoms with E-state index < -0.39 is 6.17 Å². The highest BCUT2D eigenvalue weighted by Crippen LogP contribution is 2.23. The molecule has 17 heavy (non-hydrogen) atoms. The second-order valence-corrected chi connectivity index (χ2v) is 5.48. The fraction of sp³-hybridized carbons (Fsp3) is 0.538. The van der Waals surface area contributed by atoms with Gasteiger partial charge in [-0.1, -0.05) is 15.9 Å². The Labute approximate surface area is 109 Å². The van der Waals surface area contributed by atoms with Crippen LogP contribution in [-0.4, -0.2) is 19.3 Å². The molecule has 0 radical (unpaired) electrons. The third-order valence-corrected chi connectivity index (χ3v) is 3.76. The molecule has 0 aliphatic carbocycles. The lowest BCUT2D eigenvalue weighted by molar-refractivity contribution is 0.190. The van der Waals surface area contributed by atoms with Crippen molar-refractivity contribution >= 4 is 15.9 Å². The van der Waals surface area contributed by atoms with Crippen molar-refractivity contribution in [2.45, 2.75) is 25.4 Å². The second-order valence-electron chi connectivity index (χ2n) is 4.56. The number of halogens is 3. The maximum absolute atomic E-state index is 14.1. The smallest absolute Gasteiger partial charge is 0.126 e. The standard InChI is InChI=1S/C13H16BrF2N/c14-11-3-4-12(15)10(6-11)7-13(16)9-2-1-5-17-8-9/h3-4,6,9,13,17H,1-2,5,7-8H2. The van der Waals surface area contributed by atoms with E-state index in [9.17, 15) is 8.78 Å². The van der Waals surface area contributed by atoms with Gasteiger partial charge in [0.2, 0.25) is 0 Å². The monoisotopic (exact) mass is 303 g/mol. The molecule has 1 aliphatic heterocycles. The van der Waals surface area contributed by atoms with E-state index in [-0.39, 0.29) is 18.2 Å². The molecule has 0 spiro atoms. The summed E-state index contributed by atoms with van der Waals surface area (Å²) in [6.07, 6.45) is 1.10. The maximum Gasteiger partial charge on any atom is 0.126 e. The van der Waals surface area contributed by atoms with Gasteiger partial charge < -0.3 is 5.32 Å². The van der Waals surface area contributed by atoms with Crippen LogP contribution in [0, 0.1) is 11.7 Å². The molecule has 1 fully saturated rings. The van der Waals surface area contributed by atoms with Gasteiger partial charge in [-0.3, -0.25) is 0 Å². The number of benzene rings is 1. The fourth-order valence-electron chi connectivity index (χ4n) is 2.26. The summed E-state index contributed by atoms with van der Waals surface area (Å²) >= 11 is 3.28. The highest BCUT2D eigenvalue weighted by molar-refractivity contribution is 9.10. The van der Waals surface area contributed by atoms with E-state index in [1.807, 2.05) is 0 Å². The number of piperidine rings is 1. The van der Waals surface area contributed by atoms with Crippen molar-refractivity contribution in [1.82, 2.24) is 5.32 Å². The zero-order chi connectivity index (χ0) is 12.3. The van der Waals surface area contributed by atoms with Gasteiger partial charge in [0.15, 0.2) is 0 Å². The molecule has 1 N–H and O–H groups in total. The molecule has 4 heteroatoms. The van der Waals surface area contributed by atoms with Crippen LogP contribution in [0.2, 0.25) is 0 Å². The van der Waals surface area contributed by atoms with E-state index in [4.69, 9.17) is 0 Å². The van der Waals surface area contributed by atoms with E-state index >= 15 is 0 Å². The summed E-state index contributed by atoms with van der Waals surface area (Å²) < 4.78 is 28.4. The number of nitrogens with one attached hydrogen (secondary N) is 1. The molecule has 1 aromatic rings. The van der Waals surface area contributed by atoms with Crippen LogP contribution in [0.3, 0.4) is 0 Å². The summed E-state index contributed by atoms with van der Waals surface area (Å²) in [5.74, 6) is -0.304. The van der Waals surface area contributed by atoms with Crippen molar-refractivity contribution in [2.75, 3.05) is 13.1 Å². The molecule has 1 saturated heterocycles. The molecule has 0 bridgehead atoms. The van der Waals surface area contributed by atoms with E-state index in [0.717, 1.165) is 23.9 Å². The minimum atomic E-state index is -0.966. The van der Waals surface area contributed by atoms with Crippen molar-refractivity contribution in [1.29, 1.82) is 0 Å². The lowest BCUT2D eigenvalue weighted by Crippen LogP contribution is -2.35. The predicted molar refractivity (Wildman–Crippen MR) is 68.3 cm³/mol. The van der Waals surface area contributed by atoms with Crippen molar-refractivity contribution < 1.29 is 8.78 Å². The zero-order valence-electron chi connectivity index (χ0n) is 9.56. The third-order valence-electron chi connectivity index (χ3n) is 3.27. The zero-order valence-corrected chi connectivity index (χ0v) is 11.1. The Kier molecular flexibility index (Phi) is 4.51. The van der Waals surface area contributed by atoms with Crippen LogP contribution < -0.4 is 5.32 Å². The van der Waals surface area contributed by atoms with Gasteiger partial charge in [0, 0.05) is 23.4 Å². The van der Waals surface area contributed by atoms with Gasteiger partial charge in [-0.15, -0.1) is 0 Å². The first kappa shape index (κ1) is 13.0. The van der Waals surface area contributed by atoms with Crippen LogP contribution in [0.4, 0.5) is 8.78 Å². The first-order valence-corrected chi connectivity index (χ1v) is 6.75. The Hall–Kier alpha value is -0.480. The van der Waals surface area contributed by atoms with Crippen LogP contribution in [0.5, 0.6) is 0 Å². The summed E-state index contributed by atoms with van der Waals surface area (Å²) in [5.41, 5.74) is 0.456. The first-order valence-electron chi connectivity index (χ1n) is 5.95. The summed E-state index contributed by atoms with van der Waals surface area (Å²) in [6, 6.07) is 4.68. The Bertz CT molecular complexity index is 378. The molecule has 2 atom stereocenters. The first-order chi connectivity index (χ1) is 8.16. The van der Waals surface area contributed by atoms with E-state index in [1.165, 1.54) is 6.07 Å². The van der Waals surface area contributed by atoms with Gasteiger partial charge in [0.05, 0.1) is 0 Å². The minimum Gasteiger partial charge on any atom is -0.316 e. The van der Waals surface area contributed by atoms with E-state index in [0.29, 0.717) is 12.1 Å². The molecule has 1 heterocycles. The van der Waals surface area contributed by atoms with Crippen LogP contribution in [0.25, 0.3) is 0 Å². The Morgan fingerprint density at radius 3 is 3.00 bits per heavy atom. The molecule has 0 aromatic heterocycles. The lowest BCUT2D eigenvalue weighted by atomic mass is 9.91. The van der Waals surface area contributed by atoms with E-state index in [1.54, 1.807) is 12.1 Å². The number of rotatable bonds is 3. The molecular formula is C13H16BrF2N. The van der Waals surface area contributed by atoms with Crippen LogP contribution >= 0.6 is 15.9 Å². The number of hydrogen-bond acceptors (Lipinski definition) is 1. The molecule has 94 valence electrons. The molecule has 0 amide bonds. The van der Waals surface area contributed by atoms with Crippen LogP contribution in [0.15, 0.2) is 22.7 Å². The normalized spacial score (nSPS) is 22.4. The third kappa shape index (κ3) is 3.49. The molecule has 0 saturated carbocycles. The van der Waals surface area contributed by atoms with Gasteiger partial charge in [0.1, 0.15) is 12.0 Å². The van der Waals surface area contributed by atoms with Gasteiger partial charge in [-0.25, -0.2) is 8.78 Å². The summed E-state index contributed by atoms with van der Waals surface area (Å²) in [4.78, 5) is 0. The predicted octanol–water partition coefficient (Wildman–Crippen LogP) is 3.47. The second kappa shape index (κ2) is 5.91. The highest BCUT2D eigenvalue weighted by Gasteiger charge is 2.24. The fourth-order valence-corrected chi connectivity index (χ4v) is 2.67. The molecular weight excluding hydrogens is 288 g/mol. The molecule has 2 rings (SSSR count). The van der Waals surface area contributed by atoms with Gasteiger partial charge in [-0.05, 0) is 43.1 Å². The van der Waals surface area contributed by atoms with Crippen LogP contribution in [0.1, 0.15) is 18.4 Å². The molecule has 1 nitrogen and oxygen atoms in total. The van der Waals surface area contributed by atoms with Crippen molar-refractivity contribution in [2.24, 2.45) is 5.92 Å². The summed E-state index contributed by atoms with van der Waals surface area (Å²) in [7, 11) is 0. The average molecular weight is 304 g/mol. The summed E-state index contributed by atoms with van der Waals surface area (Å²) in [5, 5.41) is 3.18. The average Bonchev–Trinajstić information content (AvgIpc) is 2.35. The van der Waals surface area contributed by atoms with Gasteiger partial charge in [-0.2, -0.15) is 0 Å². The Balaban J connectivity index is 2.01. The lowest BCUT2D eigenvalue weighted by Gasteiger charge is -2.26. The molecule has 1 aromatic carbocycles. The van der Waals surface area contributed by atoms with Gasteiger partial charge >= 0.3 is 0 Å². The molecule has 1 aliphatic rings. The SMILES string of the molecule is Fc1ccc(Br)cc1CC(F)C1CCCNC1. The largest absolute Gasteiger partial charge is 0.316 e. The van der Waals surface area contributed by atoms with E-state index in [2.05, 4.69) is 21.2 Å². The topological polar surface area (TPSA) is 12.0 Å². The van der Waals surface area contributed by atoms with Crippen molar-refractivity contribution in [3.05, 3.63) is 34.1 Å². The van der Waals surface area contributed by atoms with Crippen LogP contribution in [-0.2, 0) is 6.42 Å². The summed E-state index contributed by atoms with van der Waals surface area (Å²) in [6.45, 7) is 1.67. The number of alkyl halides is 1. The van der Waals surface area contributed by atoms with Crippen molar-refractivity contribution in [3.63, 3.8) is 0 Å². The maximum atomic E-state index is 14.1. The van der Waals surface area contributed by atoms with Gasteiger partial charge in [0.25, 0.3) is 0 Å². The Morgan fingerprint density at radius 1 is 1.47 bits per heavy atom. The molecule has 2 unspecified atom stereocenters. The van der Waals surface area contributed by atoms with Crippen molar-refractivity contribution in [3.8, 4) is 0 Å². The number of hydrogen-bond donors (Lipinski definition) is 1. The Morgan fingerprint density at radius 2 is 2.29 bits per heavy atom. The quantitative estimate of drug-likeness (QED) is 0.901. The highest BCUT2D eigenvalue weighted by atomic mass is 79.9.